The Bertz CT molecular complexity index is 1080. The average molecular weight is 393 g/mol. The molecule has 0 aliphatic rings. The number of aryl methyl sites for hydroxylation is 2. The molecule has 0 radical (unpaired) electrons. The van der Waals surface area contributed by atoms with E-state index in [0.29, 0.717) is 0 Å². The number of benzene rings is 3. The summed E-state index contributed by atoms with van der Waals surface area (Å²) < 4.78 is 0. The van der Waals surface area contributed by atoms with Gasteiger partial charge in [0, 0.05) is 0 Å². The zero-order chi connectivity index (χ0) is 21.5. The lowest BCUT2D eigenvalue weighted by atomic mass is 9.91. The van der Waals surface area contributed by atoms with Crippen molar-refractivity contribution in [1.82, 2.24) is 0 Å². The van der Waals surface area contributed by atoms with Gasteiger partial charge in [0.25, 0.3) is 0 Å². The van der Waals surface area contributed by atoms with Crippen molar-refractivity contribution in [3.8, 4) is 11.1 Å². The van der Waals surface area contributed by atoms with Gasteiger partial charge < -0.3 is 0 Å². The fraction of sp³-hybridized carbons (Fsp3) is 0.200. The van der Waals surface area contributed by atoms with E-state index in [1.54, 1.807) is 0 Å². The van der Waals surface area contributed by atoms with Crippen LogP contribution < -0.4 is 0 Å². The fourth-order valence-electron chi connectivity index (χ4n) is 3.82. The highest BCUT2D eigenvalue weighted by Crippen LogP contribution is 2.30. The monoisotopic (exact) mass is 392 g/mol. The molecule has 3 aromatic rings. The molecule has 0 N–H and O–H groups in total. The summed E-state index contributed by atoms with van der Waals surface area (Å²) in [5, 5.41) is 0. The quantitative estimate of drug-likeness (QED) is 0.352. The van der Waals surface area contributed by atoms with Crippen molar-refractivity contribution >= 4 is 17.7 Å². The Morgan fingerprint density at radius 1 is 0.867 bits per heavy atom. The predicted octanol–water partition coefficient (Wildman–Crippen LogP) is 8.90. The smallest absolute Gasteiger partial charge is 0.0155 e. The van der Waals surface area contributed by atoms with Crippen LogP contribution in [0.15, 0.2) is 85.0 Å². The molecule has 0 aliphatic heterocycles. The molecule has 3 aromatic carbocycles. The first-order valence-corrected chi connectivity index (χ1v) is 10.8. The molecular weight excluding hydrogens is 360 g/mol. The lowest BCUT2D eigenvalue weighted by Gasteiger charge is -2.14. The van der Waals surface area contributed by atoms with Crippen molar-refractivity contribution in [1.29, 1.82) is 0 Å². The summed E-state index contributed by atoms with van der Waals surface area (Å²) >= 11 is 0. The summed E-state index contributed by atoms with van der Waals surface area (Å²) in [7, 11) is 0. The first-order valence-electron chi connectivity index (χ1n) is 10.8. The molecule has 3 rings (SSSR count). The molecule has 0 aromatic heterocycles. The molecule has 0 fully saturated rings. The number of hydrogen-bond donors (Lipinski definition) is 0. The highest BCUT2D eigenvalue weighted by molar-refractivity contribution is 5.83. The molecule has 0 spiro atoms. The van der Waals surface area contributed by atoms with E-state index in [-0.39, 0.29) is 0 Å². The van der Waals surface area contributed by atoms with Crippen LogP contribution in [-0.4, -0.2) is 0 Å². The van der Waals surface area contributed by atoms with Crippen LogP contribution in [0.4, 0.5) is 0 Å². The second kappa shape index (κ2) is 10.1. The largest absolute Gasteiger partial charge is 0.0985 e. The molecule has 0 nitrogen and oxygen atoms in total. The SMILES string of the molecule is C=Cc1cccc(-c2ccc(C(/C=C/c3ccc(C)cc3)=C(/C)CCC)c(C)c2)c1. The van der Waals surface area contributed by atoms with Crippen LogP contribution in [0.1, 0.15) is 54.5 Å². The topological polar surface area (TPSA) is 0 Å². The maximum Gasteiger partial charge on any atom is -0.0155 e. The predicted molar refractivity (Wildman–Crippen MR) is 134 cm³/mol. The van der Waals surface area contributed by atoms with Gasteiger partial charge in [0.15, 0.2) is 0 Å². The van der Waals surface area contributed by atoms with Gasteiger partial charge in [0.05, 0.1) is 0 Å². The maximum absolute atomic E-state index is 3.89. The molecule has 0 heterocycles. The molecule has 0 saturated carbocycles. The molecule has 0 aliphatic carbocycles. The van der Waals surface area contributed by atoms with E-state index in [2.05, 4.69) is 113 Å². The van der Waals surface area contributed by atoms with Gasteiger partial charge in [-0.2, -0.15) is 0 Å². The molecule has 30 heavy (non-hydrogen) atoms. The van der Waals surface area contributed by atoms with Gasteiger partial charge >= 0.3 is 0 Å². The molecule has 0 amide bonds. The van der Waals surface area contributed by atoms with Crippen LogP contribution >= 0.6 is 0 Å². The first-order chi connectivity index (χ1) is 14.5. The van der Waals surface area contributed by atoms with E-state index in [1.807, 2.05) is 6.08 Å². The average Bonchev–Trinajstić information content (AvgIpc) is 2.76. The van der Waals surface area contributed by atoms with Gasteiger partial charge in [-0.1, -0.05) is 110 Å². The van der Waals surface area contributed by atoms with Gasteiger partial charge in [-0.3, -0.25) is 0 Å². The van der Waals surface area contributed by atoms with Crippen molar-refractivity contribution in [2.75, 3.05) is 0 Å². The zero-order valence-corrected chi connectivity index (χ0v) is 18.7. The van der Waals surface area contributed by atoms with Gasteiger partial charge in [0.2, 0.25) is 0 Å². The minimum atomic E-state index is 1.11. The van der Waals surface area contributed by atoms with Crippen molar-refractivity contribution in [2.24, 2.45) is 0 Å². The Kier molecular flexibility index (Phi) is 7.25. The number of allylic oxidation sites excluding steroid dienone is 3. The summed E-state index contributed by atoms with van der Waals surface area (Å²) in [6.07, 6.45) is 8.68. The molecule has 0 atom stereocenters. The summed E-state index contributed by atoms with van der Waals surface area (Å²) in [5.41, 5.74) is 11.5. The Morgan fingerprint density at radius 2 is 1.60 bits per heavy atom. The van der Waals surface area contributed by atoms with Crippen molar-refractivity contribution < 1.29 is 0 Å². The minimum absolute atomic E-state index is 1.11. The molecule has 0 bridgehead atoms. The van der Waals surface area contributed by atoms with E-state index < -0.39 is 0 Å². The first kappa shape index (κ1) is 21.6. The Morgan fingerprint density at radius 3 is 2.27 bits per heavy atom. The summed E-state index contributed by atoms with van der Waals surface area (Å²) in [6.45, 7) is 12.7. The molecule has 152 valence electrons. The molecular formula is C30H32. The molecule has 0 unspecified atom stereocenters. The molecule has 0 heteroatoms. The van der Waals surface area contributed by atoms with Crippen molar-refractivity contribution in [3.63, 3.8) is 0 Å². The lowest BCUT2D eigenvalue weighted by molar-refractivity contribution is 0.908. The number of hydrogen-bond acceptors (Lipinski definition) is 0. The lowest BCUT2D eigenvalue weighted by Crippen LogP contribution is -1.92. The second-order valence-corrected chi connectivity index (χ2v) is 8.05. The normalized spacial score (nSPS) is 12.1. The summed E-state index contributed by atoms with van der Waals surface area (Å²) in [6, 6.07) is 24.1. The van der Waals surface area contributed by atoms with E-state index in [0.717, 1.165) is 18.4 Å². The van der Waals surface area contributed by atoms with Crippen molar-refractivity contribution in [3.05, 3.63) is 113 Å². The third-order valence-corrected chi connectivity index (χ3v) is 5.58. The van der Waals surface area contributed by atoms with Gasteiger partial charge in [0.1, 0.15) is 0 Å². The summed E-state index contributed by atoms with van der Waals surface area (Å²) in [4.78, 5) is 0. The van der Waals surface area contributed by atoms with Gasteiger partial charge in [-0.25, -0.2) is 0 Å². The Hall–Kier alpha value is -3.12. The van der Waals surface area contributed by atoms with Crippen LogP contribution in [0, 0.1) is 13.8 Å². The highest BCUT2D eigenvalue weighted by Gasteiger charge is 2.08. The van der Waals surface area contributed by atoms with Crippen LogP contribution in [-0.2, 0) is 0 Å². The van der Waals surface area contributed by atoms with Crippen molar-refractivity contribution in [2.45, 2.75) is 40.5 Å². The van der Waals surface area contributed by atoms with E-state index in [4.69, 9.17) is 0 Å². The standard InChI is InChI=1S/C30H32/c1-6-9-23(4)29(18-16-26-14-12-22(3)13-15-26)30-19-17-28(20-24(30)5)27-11-8-10-25(7-2)21-27/h7-8,10-21H,2,6,9H2,1,3-5H3/b18-16+,29-23-. The minimum Gasteiger partial charge on any atom is -0.0985 e. The molecule has 0 saturated heterocycles. The van der Waals surface area contributed by atoms with Crippen LogP contribution in [0.25, 0.3) is 28.9 Å². The van der Waals surface area contributed by atoms with E-state index in [1.165, 1.54) is 44.5 Å². The Balaban J connectivity index is 2.00. The van der Waals surface area contributed by atoms with Gasteiger partial charge in [-0.15, -0.1) is 0 Å². The van der Waals surface area contributed by atoms with Crippen LogP contribution in [0.2, 0.25) is 0 Å². The third kappa shape index (κ3) is 5.27. The van der Waals surface area contributed by atoms with Crippen LogP contribution in [0.3, 0.4) is 0 Å². The fourth-order valence-corrected chi connectivity index (χ4v) is 3.82. The highest BCUT2D eigenvalue weighted by atomic mass is 14.1. The van der Waals surface area contributed by atoms with E-state index >= 15 is 0 Å². The third-order valence-electron chi connectivity index (χ3n) is 5.58. The van der Waals surface area contributed by atoms with E-state index in [9.17, 15) is 0 Å². The van der Waals surface area contributed by atoms with Crippen LogP contribution in [0.5, 0.6) is 0 Å². The zero-order valence-electron chi connectivity index (χ0n) is 18.7. The summed E-state index contributed by atoms with van der Waals surface area (Å²) in [5.74, 6) is 0. The Labute approximate surface area is 182 Å². The van der Waals surface area contributed by atoms with Gasteiger partial charge in [-0.05, 0) is 72.2 Å². The second-order valence-electron chi connectivity index (χ2n) is 8.05. The number of rotatable bonds is 7. The maximum atomic E-state index is 3.89.